The van der Waals surface area contributed by atoms with Crippen LogP contribution >= 0.6 is 0 Å². The zero-order valence-electron chi connectivity index (χ0n) is 12.7. The van der Waals surface area contributed by atoms with Gasteiger partial charge in [-0.1, -0.05) is 41.5 Å². The molecule has 0 aliphatic rings. The lowest BCUT2D eigenvalue weighted by Gasteiger charge is -2.06. The third-order valence-corrected chi connectivity index (χ3v) is 3.52. The van der Waals surface area contributed by atoms with Crippen LogP contribution in [0.4, 0.5) is 0 Å². The summed E-state index contributed by atoms with van der Waals surface area (Å²) in [7, 11) is 0. The van der Waals surface area contributed by atoms with E-state index in [1.54, 1.807) is 0 Å². The van der Waals surface area contributed by atoms with Gasteiger partial charge in [-0.25, -0.2) is 4.98 Å². The van der Waals surface area contributed by atoms with Gasteiger partial charge in [0.2, 0.25) is 5.89 Å². The van der Waals surface area contributed by atoms with Gasteiger partial charge in [-0.15, -0.1) is 0 Å². The quantitative estimate of drug-likeness (QED) is 0.606. The molecule has 0 radical (unpaired) electrons. The molecule has 0 saturated carbocycles. The number of benzene rings is 2. The van der Waals surface area contributed by atoms with Crippen LogP contribution < -0.4 is 0 Å². The van der Waals surface area contributed by atoms with E-state index in [1.807, 2.05) is 24.3 Å². The zero-order chi connectivity index (χ0) is 14.8. The Bertz CT molecular complexity index is 774. The molecule has 2 nitrogen and oxygen atoms in total. The number of fused-ring (bicyclic) bond motifs is 1. The summed E-state index contributed by atoms with van der Waals surface area (Å²) in [6.45, 7) is 6.33. The molecule has 1 aromatic heterocycles. The van der Waals surface area contributed by atoms with Gasteiger partial charge in [0.25, 0.3) is 0 Å². The summed E-state index contributed by atoms with van der Waals surface area (Å²) in [6.07, 6.45) is 3.13. The SMILES string of the molecule is CC(C)=CCc1ccc(C)cc1-c1nc2ccccc2o1. The van der Waals surface area contributed by atoms with Crippen molar-refractivity contribution in [3.8, 4) is 11.5 Å². The van der Waals surface area contributed by atoms with Crippen molar-refractivity contribution in [3.63, 3.8) is 0 Å². The second kappa shape index (κ2) is 5.57. The minimum Gasteiger partial charge on any atom is -0.436 e. The van der Waals surface area contributed by atoms with Crippen LogP contribution in [-0.2, 0) is 6.42 Å². The van der Waals surface area contributed by atoms with Gasteiger partial charge in [-0.3, -0.25) is 0 Å². The largest absolute Gasteiger partial charge is 0.436 e. The number of para-hydroxylation sites is 2. The first-order chi connectivity index (χ1) is 10.1. The Morgan fingerprint density at radius 3 is 2.71 bits per heavy atom. The van der Waals surface area contributed by atoms with E-state index in [0.29, 0.717) is 5.89 Å². The summed E-state index contributed by atoms with van der Waals surface area (Å²) in [5.74, 6) is 0.706. The topological polar surface area (TPSA) is 26.0 Å². The lowest BCUT2D eigenvalue weighted by molar-refractivity contribution is 0.619. The normalized spacial score (nSPS) is 10.8. The van der Waals surface area contributed by atoms with Crippen molar-refractivity contribution >= 4 is 11.1 Å². The second-order valence-electron chi connectivity index (χ2n) is 5.63. The van der Waals surface area contributed by atoms with Crippen molar-refractivity contribution in [2.75, 3.05) is 0 Å². The van der Waals surface area contributed by atoms with Gasteiger partial charge in [0.05, 0.1) is 0 Å². The van der Waals surface area contributed by atoms with Gasteiger partial charge in [0.15, 0.2) is 5.58 Å². The molecule has 0 aliphatic heterocycles. The van der Waals surface area contributed by atoms with Crippen LogP contribution in [0.3, 0.4) is 0 Å². The molecule has 3 aromatic rings. The molecule has 0 fully saturated rings. The Morgan fingerprint density at radius 2 is 1.95 bits per heavy atom. The fourth-order valence-corrected chi connectivity index (χ4v) is 2.37. The van der Waals surface area contributed by atoms with E-state index in [4.69, 9.17) is 4.42 Å². The molecule has 0 N–H and O–H groups in total. The third kappa shape index (κ3) is 2.89. The highest BCUT2D eigenvalue weighted by atomic mass is 16.3. The number of nitrogens with zero attached hydrogens (tertiary/aromatic N) is 1. The maximum atomic E-state index is 5.92. The first kappa shape index (κ1) is 13.6. The van der Waals surface area contributed by atoms with Gasteiger partial charge in [0.1, 0.15) is 5.52 Å². The average molecular weight is 277 g/mol. The van der Waals surface area contributed by atoms with Crippen molar-refractivity contribution in [2.24, 2.45) is 0 Å². The molecule has 0 bridgehead atoms. The molecule has 106 valence electrons. The number of oxazole rings is 1. The van der Waals surface area contributed by atoms with Crippen LogP contribution in [0.1, 0.15) is 25.0 Å². The van der Waals surface area contributed by atoms with Crippen molar-refractivity contribution < 1.29 is 4.42 Å². The Kier molecular flexibility index (Phi) is 3.61. The minimum atomic E-state index is 0.706. The summed E-state index contributed by atoms with van der Waals surface area (Å²) in [6, 6.07) is 14.3. The van der Waals surface area contributed by atoms with Crippen molar-refractivity contribution in [2.45, 2.75) is 27.2 Å². The van der Waals surface area contributed by atoms with E-state index >= 15 is 0 Å². The summed E-state index contributed by atoms with van der Waals surface area (Å²) in [5, 5.41) is 0. The van der Waals surface area contributed by atoms with Gasteiger partial charge in [0, 0.05) is 5.56 Å². The molecule has 0 saturated heterocycles. The standard InChI is InChI=1S/C19H19NO/c1-13(2)8-10-15-11-9-14(3)12-16(15)19-20-17-6-4-5-7-18(17)21-19/h4-9,11-12H,10H2,1-3H3. The van der Waals surface area contributed by atoms with E-state index in [9.17, 15) is 0 Å². The Morgan fingerprint density at radius 1 is 1.14 bits per heavy atom. The maximum absolute atomic E-state index is 5.92. The lowest BCUT2D eigenvalue weighted by Crippen LogP contribution is -1.90. The highest BCUT2D eigenvalue weighted by molar-refractivity contribution is 5.76. The van der Waals surface area contributed by atoms with E-state index in [-0.39, 0.29) is 0 Å². The van der Waals surface area contributed by atoms with Crippen LogP contribution in [0.2, 0.25) is 0 Å². The predicted molar refractivity (Wildman–Crippen MR) is 87.3 cm³/mol. The van der Waals surface area contributed by atoms with Crippen LogP contribution in [0.25, 0.3) is 22.6 Å². The maximum Gasteiger partial charge on any atom is 0.227 e. The van der Waals surface area contributed by atoms with E-state index in [2.05, 4.69) is 50.0 Å². The number of rotatable bonds is 3. The number of hydrogen-bond acceptors (Lipinski definition) is 2. The van der Waals surface area contributed by atoms with Gasteiger partial charge in [-0.2, -0.15) is 0 Å². The molecule has 0 aliphatic carbocycles. The summed E-state index contributed by atoms with van der Waals surface area (Å²) in [4.78, 5) is 4.62. The Labute approximate surface area is 125 Å². The molecule has 1 heterocycles. The van der Waals surface area contributed by atoms with Crippen LogP contribution in [0.15, 0.2) is 58.5 Å². The van der Waals surface area contributed by atoms with Crippen LogP contribution in [0, 0.1) is 6.92 Å². The van der Waals surface area contributed by atoms with E-state index < -0.39 is 0 Å². The molecule has 2 aromatic carbocycles. The third-order valence-electron chi connectivity index (χ3n) is 3.52. The predicted octanol–water partition coefficient (Wildman–Crippen LogP) is 5.31. The van der Waals surface area contributed by atoms with E-state index in [0.717, 1.165) is 23.1 Å². The molecule has 0 spiro atoms. The second-order valence-corrected chi connectivity index (χ2v) is 5.63. The molecule has 21 heavy (non-hydrogen) atoms. The van der Waals surface area contributed by atoms with Gasteiger partial charge < -0.3 is 4.42 Å². The fourth-order valence-electron chi connectivity index (χ4n) is 2.37. The monoisotopic (exact) mass is 277 g/mol. The van der Waals surface area contributed by atoms with E-state index in [1.165, 1.54) is 16.7 Å². The van der Waals surface area contributed by atoms with Crippen molar-refractivity contribution in [1.82, 2.24) is 4.98 Å². The molecule has 0 unspecified atom stereocenters. The average Bonchev–Trinajstić information content (AvgIpc) is 2.89. The van der Waals surface area contributed by atoms with Crippen molar-refractivity contribution in [3.05, 3.63) is 65.2 Å². The Hall–Kier alpha value is -2.35. The lowest BCUT2D eigenvalue weighted by atomic mass is 10.0. The molecule has 2 heteroatoms. The molecule has 0 amide bonds. The molecular weight excluding hydrogens is 258 g/mol. The van der Waals surface area contributed by atoms with Crippen molar-refractivity contribution in [1.29, 1.82) is 0 Å². The number of allylic oxidation sites excluding steroid dienone is 2. The summed E-state index contributed by atoms with van der Waals surface area (Å²) in [5.41, 5.74) is 6.61. The molecule has 0 atom stereocenters. The number of aryl methyl sites for hydroxylation is 1. The first-order valence-corrected chi connectivity index (χ1v) is 7.22. The highest BCUT2D eigenvalue weighted by Crippen LogP contribution is 2.28. The zero-order valence-corrected chi connectivity index (χ0v) is 12.7. The van der Waals surface area contributed by atoms with Crippen LogP contribution in [0.5, 0.6) is 0 Å². The fraction of sp³-hybridized carbons (Fsp3) is 0.211. The highest BCUT2D eigenvalue weighted by Gasteiger charge is 2.12. The Balaban J connectivity index is 2.11. The number of hydrogen-bond donors (Lipinski definition) is 0. The number of aromatic nitrogens is 1. The minimum absolute atomic E-state index is 0.706. The van der Waals surface area contributed by atoms with Gasteiger partial charge in [-0.05, 0) is 51.0 Å². The first-order valence-electron chi connectivity index (χ1n) is 7.22. The summed E-state index contributed by atoms with van der Waals surface area (Å²) >= 11 is 0. The van der Waals surface area contributed by atoms with Gasteiger partial charge >= 0.3 is 0 Å². The molecule has 3 rings (SSSR count). The van der Waals surface area contributed by atoms with Crippen LogP contribution in [-0.4, -0.2) is 4.98 Å². The summed E-state index contributed by atoms with van der Waals surface area (Å²) < 4.78 is 5.92. The molecular formula is C19H19NO. The smallest absolute Gasteiger partial charge is 0.227 e.